The SMILES string of the molecule is CC(C)CCOc1ccc(NCC(=O)Nc2ccc(OCCC(C)C)cc2)cc1. The third-order valence-electron chi connectivity index (χ3n) is 4.37. The Bertz CT molecular complexity index is 725. The number of ether oxygens (including phenoxy) is 2. The molecular formula is C24H34N2O3. The predicted molar refractivity (Wildman–Crippen MR) is 120 cm³/mol. The fourth-order valence-electron chi connectivity index (χ4n) is 2.52. The average molecular weight is 399 g/mol. The lowest BCUT2D eigenvalue weighted by Gasteiger charge is -2.11. The fraction of sp³-hybridized carbons (Fsp3) is 0.458. The minimum atomic E-state index is -0.101. The summed E-state index contributed by atoms with van der Waals surface area (Å²) in [7, 11) is 0. The van der Waals surface area contributed by atoms with E-state index < -0.39 is 0 Å². The van der Waals surface area contributed by atoms with Gasteiger partial charge in [-0.3, -0.25) is 4.79 Å². The first-order valence-electron chi connectivity index (χ1n) is 10.4. The second-order valence-corrected chi connectivity index (χ2v) is 8.01. The molecule has 0 aromatic heterocycles. The Morgan fingerprint density at radius 2 is 1.21 bits per heavy atom. The van der Waals surface area contributed by atoms with Crippen molar-refractivity contribution in [2.45, 2.75) is 40.5 Å². The lowest BCUT2D eigenvalue weighted by molar-refractivity contribution is -0.114. The van der Waals surface area contributed by atoms with E-state index in [1.165, 1.54) is 0 Å². The van der Waals surface area contributed by atoms with Gasteiger partial charge in [0.05, 0.1) is 19.8 Å². The van der Waals surface area contributed by atoms with Crippen molar-refractivity contribution in [1.29, 1.82) is 0 Å². The Hall–Kier alpha value is -2.69. The first-order valence-corrected chi connectivity index (χ1v) is 10.4. The molecule has 2 aromatic rings. The minimum Gasteiger partial charge on any atom is -0.494 e. The Morgan fingerprint density at radius 1 is 0.759 bits per heavy atom. The molecule has 0 spiro atoms. The highest BCUT2D eigenvalue weighted by Crippen LogP contribution is 2.18. The number of carbonyl (C=O) groups is 1. The molecule has 0 atom stereocenters. The van der Waals surface area contributed by atoms with Crippen LogP contribution in [-0.2, 0) is 4.79 Å². The Kier molecular flexibility index (Phi) is 9.35. The van der Waals surface area contributed by atoms with Crippen LogP contribution in [0.4, 0.5) is 11.4 Å². The largest absolute Gasteiger partial charge is 0.494 e. The van der Waals surface area contributed by atoms with Gasteiger partial charge in [-0.15, -0.1) is 0 Å². The standard InChI is InChI=1S/C24H34N2O3/c1-18(2)13-15-28-22-9-5-20(6-10-22)25-17-24(27)26-21-7-11-23(12-8-21)29-16-14-19(3)4/h5-12,18-19,25H,13-17H2,1-4H3,(H,26,27). The Labute approximate surface area is 174 Å². The molecule has 0 aliphatic heterocycles. The van der Waals surface area contributed by atoms with Crippen molar-refractivity contribution in [3.8, 4) is 11.5 Å². The molecule has 0 radical (unpaired) electrons. The number of hydrogen-bond acceptors (Lipinski definition) is 4. The van der Waals surface area contributed by atoms with Crippen LogP contribution in [0.25, 0.3) is 0 Å². The number of carbonyl (C=O) groups excluding carboxylic acids is 1. The molecule has 1 amide bonds. The summed E-state index contributed by atoms with van der Waals surface area (Å²) < 4.78 is 11.4. The lowest BCUT2D eigenvalue weighted by Crippen LogP contribution is -2.21. The first kappa shape index (κ1) is 22.6. The molecule has 0 saturated heterocycles. The van der Waals surface area contributed by atoms with E-state index in [4.69, 9.17) is 9.47 Å². The molecule has 0 bridgehead atoms. The van der Waals surface area contributed by atoms with Crippen LogP contribution >= 0.6 is 0 Å². The van der Waals surface area contributed by atoms with Gasteiger partial charge in [0.1, 0.15) is 11.5 Å². The molecule has 29 heavy (non-hydrogen) atoms. The van der Waals surface area contributed by atoms with Crippen molar-refractivity contribution in [2.75, 3.05) is 30.4 Å². The van der Waals surface area contributed by atoms with Crippen LogP contribution < -0.4 is 20.1 Å². The lowest BCUT2D eigenvalue weighted by atomic mass is 10.1. The topological polar surface area (TPSA) is 59.6 Å². The molecule has 0 fully saturated rings. The van der Waals surface area contributed by atoms with E-state index in [1.54, 1.807) is 0 Å². The number of amides is 1. The molecule has 2 N–H and O–H groups in total. The maximum Gasteiger partial charge on any atom is 0.243 e. The zero-order chi connectivity index (χ0) is 21.1. The van der Waals surface area contributed by atoms with Crippen LogP contribution in [-0.4, -0.2) is 25.7 Å². The molecule has 5 heteroatoms. The van der Waals surface area contributed by atoms with Gasteiger partial charge in [-0.1, -0.05) is 27.7 Å². The normalized spacial score (nSPS) is 10.8. The van der Waals surface area contributed by atoms with E-state index in [1.807, 2.05) is 48.5 Å². The molecule has 158 valence electrons. The van der Waals surface area contributed by atoms with E-state index in [2.05, 4.69) is 38.3 Å². The van der Waals surface area contributed by atoms with Crippen molar-refractivity contribution < 1.29 is 14.3 Å². The summed E-state index contributed by atoms with van der Waals surface area (Å²) in [5.74, 6) is 2.81. The minimum absolute atomic E-state index is 0.101. The van der Waals surface area contributed by atoms with Crippen LogP contribution in [0, 0.1) is 11.8 Å². The Morgan fingerprint density at radius 3 is 1.66 bits per heavy atom. The van der Waals surface area contributed by atoms with Gasteiger partial charge in [-0.05, 0) is 73.2 Å². The number of anilines is 2. The van der Waals surface area contributed by atoms with Crippen LogP contribution in [0.15, 0.2) is 48.5 Å². The highest BCUT2D eigenvalue weighted by atomic mass is 16.5. The van der Waals surface area contributed by atoms with Crippen molar-refractivity contribution in [3.05, 3.63) is 48.5 Å². The molecule has 0 heterocycles. The molecule has 0 aliphatic rings. The zero-order valence-corrected chi connectivity index (χ0v) is 18.0. The quantitative estimate of drug-likeness (QED) is 0.489. The van der Waals surface area contributed by atoms with Crippen molar-refractivity contribution in [1.82, 2.24) is 0 Å². The van der Waals surface area contributed by atoms with Crippen LogP contribution in [0.1, 0.15) is 40.5 Å². The molecule has 5 nitrogen and oxygen atoms in total. The second kappa shape index (κ2) is 12.0. The predicted octanol–water partition coefficient (Wildman–Crippen LogP) is 5.59. The van der Waals surface area contributed by atoms with Gasteiger partial charge >= 0.3 is 0 Å². The molecule has 0 saturated carbocycles. The van der Waals surface area contributed by atoms with Gasteiger partial charge in [0.25, 0.3) is 0 Å². The summed E-state index contributed by atoms with van der Waals surface area (Å²) in [5.41, 5.74) is 1.63. The summed E-state index contributed by atoms with van der Waals surface area (Å²) in [4.78, 5) is 12.2. The van der Waals surface area contributed by atoms with Gasteiger partial charge in [0.2, 0.25) is 5.91 Å². The summed E-state index contributed by atoms with van der Waals surface area (Å²) in [6, 6.07) is 15.1. The summed E-state index contributed by atoms with van der Waals surface area (Å²) >= 11 is 0. The fourth-order valence-corrected chi connectivity index (χ4v) is 2.52. The number of hydrogen-bond donors (Lipinski definition) is 2. The van der Waals surface area contributed by atoms with Gasteiger partial charge < -0.3 is 20.1 Å². The van der Waals surface area contributed by atoms with Gasteiger partial charge in [0, 0.05) is 11.4 Å². The van der Waals surface area contributed by atoms with Gasteiger partial charge in [0.15, 0.2) is 0 Å². The highest BCUT2D eigenvalue weighted by molar-refractivity contribution is 5.93. The molecule has 2 aromatic carbocycles. The maximum absolute atomic E-state index is 12.2. The van der Waals surface area contributed by atoms with E-state index in [0.717, 1.165) is 35.7 Å². The van der Waals surface area contributed by atoms with Crippen LogP contribution in [0.3, 0.4) is 0 Å². The van der Waals surface area contributed by atoms with E-state index in [-0.39, 0.29) is 12.5 Å². The first-order chi connectivity index (χ1) is 13.9. The van der Waals surface area contributed by atoms with E-state index in [0.29, 0.717) is 25.0 Å². The molecule has 2 rings (SSSR count). The third kappa shape index (κ3) is 9.37. The number of nitrogens with one attached hydrogen (secondary N) is 2. The van der Waals surface area contributed by atoms with Crippen molar-refractivity contribution in [2.24, 2.45) is 11.8 Å². The third-order valence-corrected chi connectivity index (χ3v) is 4.37. The summed E-state index contributed by atoms with van der Waals surface area (Å²) in [6.07, 6.45) is 2.06. The van der Waals surface area contributed by atoms with Crippen LogP contribution in [0.5, 0.6) is 11.5 Å². The summed E-state index contributed by atoms with van der Waals surface area (Å²) in [6.45, 7) is 10.3. The maximum atomic E-state index is 12.2. The molecule has 0 aliphatic carbocycles. The highest BCUT2D eigenvalue weighted by Gasteiger charge is 2.04. The van der Waals surface area contributed by atoms with Crippen molar-refractivity contribution in [3.63, 3.8) is 0 Å². The van der Waals surface area contributed by atoms with Gasteiger partial charge in [-0.2, -0.15) is 0 Å². The van der Waals surface area contributed by atoms with E-state index in [9.17, 15) is 4.79 Å². The zero-order valence-electron chi connectivity index (χ0n) is 18.0. The van der Waals surface area contributed by atoms with E-state index >= 15 is 0 Å². The molecule has 0 unspecified atom stereocenters. The van der Waals surface area contributed by atoms with Crippen LogP contribution in [0.2, 0.25) is 0 Å². The smallest absolute Gasteiger partial charge is 0.243 e. The van der Waals surface area contributed by atoms with Crippen molar-refractivity contribution >= 4 is 17.3 Å². The second-order valence-electron chi connectivity index (χ2n) is 8.01. The number of rotatable bonds is 12. The monoisotopic (exact) mass is 398 g/mol. The average Bonchev–Trinajstić information content (AvgIpc) is 2.68. The number of benzene rings is 2. The summed E-state index contributed by atoms with van der Waals surface area (Å²) in [5, 5.41) is 6.01. The molecular weight excluding hydrogens is 364 g/mol. The van der Waals surface area contributed by atoms with Gasteiger partial charge in [-0.25, -0.2) is 0 Å². The Balaban J connectivity index is 1.71.